The maximum atomic E-state index is 12.0. The maximum Gasteiger partial charge on any atom is 0.314 e. The number of carbonyl (C=O) groups is 1. The van der Waals surface area contributed by atoms with Crippen LogP contribution in [0.4, 0.5) is 0 Å². The summed E-state index contributed by atoms with van der Waals surface area (Å²) in [6.07, 6.45) is 3.08. The van der Waals surface area contributed by atoms with Gasteiger partial charge in [-0.15, -0.1) is 0 Å². The van der Waals surface area contributed by atoms with Gasteiger partial charge in [-0.05, 0) is 66.6 Å². The number of ether oxygens (including phenoxy) is 1. The minimum Gasteiger partial charge on any atom is -0.481 e. The van der Waals surface area contributed by atoms with Gasteiger partial charge < -0.3 is 15.2 Å². The van der Waals surface area contributed by atoms with Crippen molar-refractivity contribution >= 4 is 16.7 Å². The van der Waals surface area contributed by atoms with E-state index < -0.39 is 11.4 Å². The van der Waals surface area contributed by atoms with Crippen LogP contribution in [0.25, 0.3) is 10.8 Å². The molecule has 0 amide bonds. The van der Waals surface area contributed by atoms with Gasteiger partial charge in [-0.25, -0.2) is 0 Å². The van der Waals surface area contributed by atoms with Gasteiger partial charge in [0.2, 0.25) is 0 Å². The highest BCUT2D eigenvalue weighted by Gasteiger charge is 2.41. The first kappa shape index (κ1) is 21.5. The third-order valence-corrected chi connectivity index (χ3v) is 6.64. The fourth-order valence-electron chi connectivity index (χ4n) is 4.69. The zero-order chi connectivity index (χ0) is 21.7. The van der Waals surface area contributed by atoms with Gasteiger partial charge in [0.1, 0.15) is 0 Å². The number of rotatable bonds is 8. The van der Waals surface area contributed by atoms with Crippen molar-refractivity contribution in [1.82, 2.24) is 5.32 Å². The second kappa shape index (κ2) is 9.63. The van der Waals surface area contributed by atoms with Crippen molar-refractivity contribution in [2.75, 3.05) is 19.8 Å². The average molecular weight is 418 g/mol. The standard InChI is InChI=1S/C27H31NO3/c1-20(24-10-4-8-22-7-2-3-9-25(22)24)28-17-5-6-21-11-13-23(14-12-21)27(26(29)30)15-18-31-19-16-27/h2-4,7-14,20,28H,5-6,15-19H2,1H3,(H,29,30). The summed E-state index contributed by atoms with van der Waals surface area (Å²) in [5.74, 6) is -0.741. The Labute approximate surface area is 184 Å². The molecular formula is C27H31NO3. The number of carboxylic acids is 1. The van der Waals surface area contributed by atoms with Gasteiger partial charge in [0.05, 0.1) is 5.41 Å². The first-order chi connectivity index (χ1) is 15.1. The molecule has 1 aliphatic heterocycles. The smallest absolute Gasteiger partial charge is 0.314 e. The summed E-state index contributed by atoms with van der Waals surface area (Å²) >= 11 is 0. The molecule has 0 bridgehead atoms. The van der Waals surface area contributed by atoms with Gasteiger partial charge in [-0.1, -0.05) is 66.7 Å². The highest BCUT2D eigenvalue weighted by molar-refractivity contribution is 5.86. The SMILES string of the molecule is CC(NCCCc1ccc(C2(C(=O)O)CCOCC2)cc1)c1cccc2ccccc12. The maximum absolute atomic E-state index is 12.0. The molecule has 1 saturated heterocycles. The van der Waals surface area contributed by atoms with E-state index in [4.69, 9.17) is 4.74 Å². The summed E-state index contributed by atoms with van der Waals surface area (Å²) in [5, 5.41) is 16.1. The van der Waals surface area contributed by atoms with Crippen molar-refractivity contribution in [1.29, 1.82) is 0 Å². The van der Waals surface area contributed by atoms with Crippen LogP contribution in [-0.4, -0.2) is 30.8 Å². The molecule has 1 heterocycles. The summed E-state index contributed by atoms with van der Waals surface area (Å²) in [6, 6.07) is 23.5. The van der Waals surface area contributed by atoms with E-state index in [2.05, 4.69) is 66.8 Å². The van der Waals surface area contributed by atoms with Crippen molar-refractivity contribution in [3.63, 3.8) is 0 Å². The highest BCUT2D eigenvalue weighted by atomic mass is 16.5. The van der Waals surface area contributed by atoms with E-state index in [0.29, 0.717) is 26.1 Å². The molecule has 1 aliphatic rings. The third kappa shape index (κ3) is 4.65. The lowest BCUT2D eigenvalue weighted by Crippen LogP contribution is -2.41. The van der Waals surface area contributed by atoms with E-state index in [0.717, 1.165) is 24.9 Å². The molecule has 3 aromatic rings. The molecule has 4 heteroatoms. The second-order valence-corrected chi connectivity index (χ2v) is 8.54. The summed E-state index contributed by atoms with van der Waals surface area (Å²) in [5.41, 5.74) is 2.68. The molecule has 4 rings (SSSR count). The Kier molecular flexibility index (Phi) is 6.69. The van der Waals surface area contributed by atoms with E-state index in [-0.39, 0.29) is 6.04 Å². The second-order valence-electron chi connectivity index (χ2n) is 8.54. The van der Waals surface area contributed by atoms with Crippen molar-refractivity contribution in [3.05, 3.63) is 83.4 Å². The quantitative estimate of drug-likeness (QED) is 0.491. The van der Waals surface area contributed by atoms with E-state index in [1.54, 1.807) is 0 Å². The van der Waals surface area contributed by atoms with Crippen LogP contribution in [0.5, 0.6) is 0 Å². The van der Waals surface area contributed by atoms with Gasteiger partial charge in [-0.2, -0.15) is 0 Å². The number of nitrogens with one attached hydrogen (secondary N) is 1. The number of hydrogen-bond donors (Lipinski definition) is 2. The Morgan fingerprint density at radius 1 is 1.03 bits per heavy atom. The van der Waals surface area contributed by atoms with Gasteiger partial charge >= 0.3 is 5.97 Å². The molecule has 0 spiro atoms. The van der Waals surface area contributed by atoms with Crippen LogP contribution >= 0.6 is 0 Å². The summed E-state index contributed by atoms with van der Waals surface area (Å²) in [6.45, 7) is 4.17. The van der Waals surface area contributed by atoms with Crippen LogP contribution in [0, 0.1) is 0 Å². The van der Waals surface area contributed by atoms with Crippen molar-refractivity contribution < 1.29 is 14.6 Å². The minimum absolute atomic E-state index is 0.289. The number of aryl methyl sites for hydroxylation is 1. The topological polar surface area (TPSA) is 58.6 Å². The lowest BCUT2D eigenvalue weighted by Gasteiger charge is -2.33. The van der Waals surface area contributed by atoms with Crippen LogP contribution < -0.4 is 5.32 Å². The van der Waals surface area contributed by atoms with Crippen molar-refractivity contribution in [3.8, 4) is 0 Å². The number of fused-ring (bicyclic) bond motifs is 1. The predicted molar refractivity (Wildman–Crippen MR) is 124 cm³/mol. The molecule has 0 radical (unpaired) electrons. The summed E-state index contributed by atoms with van der Waals surface area (Å²) < 4.78 is 5.39. The molecular weight excluding hydrogens is 386 g/mol. The molecule has 1 atom stereocenters. The number of carboxylic acid groups (broad SMARTS) is 1. The number of benzene rings is 3. The molecule has 0 aliphatic carbocycles. The number of hydrogen-bond acceptors (Lipinski definition) is 3. The van der Waals surface area contributed by atoms with Gasteiger partial charge in [0.25, 0.3) is 0 Å². The Morgan fingerprint density at radius 3 is 2.48 bits per heavy atom. The average Bonchev–Trinajstić information content (AvgIpc) is 2.82. The summed E-state index contributed by atoms with van der Waals surface area (Å²) in [7, 11) is 0. The van der Waals surface area contributed by atoms with E-state index >= 15 is 0 Å². The summed E-state index contributed by atoms with van der Waals surface area (Å²) in [4.78, 5) is 12.0. The zero-order valence-corrected chi connectivity index (χ0v) is 18.1. The lowest BCUT2D eigenvalue weighted by molar-refractivity contribution is -0.147. The van der Waals surface area contributed by atoms with Crippen LogP contribution in [-0.2, 0) is 21.4 Å². The molecule has 1 unspecified atom stereocenters. The molecule has 1 fully saturated rings. The first-order valence-electron chi connectivity index (χ1n) is 11.2. The predicted octanol–water partition coefficient (Wildman–Crippen LogP) is 5.26. The van der Waals surface area contributed by atoms with E-state index in [9.17, 15) is 9.90 Å². The van der Waals surface area contributed by atoms with Crippen molar-refractivity contribution in [2.45, 2.75) is 44.1 Å². The Bertz CT molecular complexity index is 1020. The molecule has 0 aromatic heterocycles. The van der Waals surface area contributed by atoms with E-state index in [1.807, 2.05) is 12.1 Å². The van der Waals surface area contributed by atoms with E-state index in [1.165, 1.54) is 21.9 Å². The zero-order valence-electron chi connectivity index (χ0n) is 18.1. The Balaban J connectivity index is 1.32. The number of aliphatic carboxylic acids is 1. The molecule has 2 N–H and O–H groups in total. The molecule has 4 nitrogen and oxygen atoms in total. The molecule has 3 aromatic carbocycles. The first-order valence-corrected chi connectivity index (χ1v) is 11.2. The van der Waals surface area contributed by atoms with Gasteiger partial charge in [0.15, 0.2) is 0 Å². The molecule has 0 saturated carbocycles. The highest BCUT2D eigenvalue weighted by Crippen LogP contribution is 2.35. The lowest BCUT2D eigenvalue weighted by atomic mass is 9.74. The fraction of sp³-hybridized carbons (Fsp3) is 0.370. The van der Waals surface area contributed by atoms with Crippen LogP contribution in [0.3, 0.4) is 0 Å². The van der Waals surface area contributed by atoms with Crippen molar-refractivity contribution in [2.24, 2.45) is 0 Å². The monoisotopic (exact) mass is 417 g/mol. The van der Waals surface area contributed by atoms with Crippen LogP contribution in [0.1, 0.15) is 48.9 Å². The Hall–Kier alpha value is -2.69. The van der Waals surface area contributed by atoms with Gasteiger partial charge in [-0.3, -0.25) is 4.79 Å². The fourth-order valence-corrected chi connectivity index (χ4v) is 4.69. The largest absolute Gasteiger partial charge is 0.481 e. The van der Waals surface area contributed by atoms with Crippen LogP contribution in [0.15, 0.2) is 66.7 Å². The minimum atomic E-state index is -0.799. The normalized spacial score (nSPS) is 16.8. The third-order valence-electron chi connectivity index (χ3n) is 6.64. The molecule has 31 heavy (non-hydrogen) atoms. The van der Waals surface area contributed by atoms with Crippen LogP contribution in [0.2, 0.25) is 0 Å². The molecule has 162 valence electrons. The van der Waals surface area contributed by atoms with Gasteiger partial charge in [0, 0.05) is 19.3 Å². The Morgan fingerprint density at radius 2 is 1.74 bits per heavy atom.